The van der Waals surface area contributed by atoms with E-state index in [1.165, 1.54) is 18.4 Å². The van der Waals surface area contributed by atoms with E-state index in [1.54, 1.807) is 6.07 Å². The Balaban J connectivity index is 1.87. The molecule has 20 heavy (non-hydrogen) atoms. The zero-order valence-corrected chi connectivity index (χ0v) is 13.1. The van der Waals surface area contributed by atoms with E-state index in [1.807, 2.05) is 4.90 Å². The molecule has 0 aromatic carbocycles. The van der Waals surface area contributed by atoms with Crippen LogP contribution in [0, 0.1) is 0 Å². The van der Waals surface area contributed by atoms with Crippen LogP contribution in [0.1, 0.15) is 16.8 Å². The first-order valence-electron chi connectivity index (χ1n) is 6.04. The highest BCUT2D eigenvalue weighted by Gasteiger charge is 2.26. The third kappa shape index (κ3) is 3.85. The van der Waals surface area contributed by atoms with Crippen molar-refractivity contribution < 1.29 is 14.3 Å². The number of thiophene rings is 1. The van der Waals surface area contributed by atoms with E-state index in [9.17, 15) is 9.59 Å². The zero-order chi connectivity index (χ0) is 14.7. The molecule has 1 aromatic heterocycles. The molecule has 2 rings (SSSR count). The number of nitrogens with one attached hydrogen (secondary N) is 1. The molecule has 1 unspecified atom stereocenters. The van der Waals surface area contributed by atoms with Crippen LogP contribution >= 0.6 is 34.5 Å². The Bertz CT molecular complexity index is 521. The van der Waals surface area contributed by atoms with Gasteiger partial charge in [-0.05, 0) is 12.5 Å². The topological polar surface area (TPSA) is 58.6 Å². The van der Waals surface area contributed by atoms with Crippen molar-refractivity contribution >= 4 is 46.4 Å². The highest BCUT2D eigenvalue weighted by Crippen LogP contribution is 2.31. The number of methoxy groups -OCH3 is 1. The molecule has 1 N–H and O–H groups in total. The number of alkyl carbamates (subject to hydrolysis) is 1. The number of hydrogen-bond acceptors (Lipinski definition) is 5. The van der Waals surface area contributed by atoms with E-state index in [-0.39, 0.29) is 18.4 Å². The molecule has 0 radical (unpaired) electrons. The lowest BCUT2D eigenvalue weighted by atomic mass is 10.2. The quantitative estimate of drug-likeness (QED) is 0.859. The zero-order valence-electron chi connectivity index (χ0n) is 10.8. The molecule has 1 aliphatic rings. The molecule has 1 amide bonds. The minimum Gasteiger partial charge on any atom is -0.453 e. The fourth-order valence-electron chi connectivity index (χ4n) is 2.14. The standard InChI is InChI=1S/C12H14Cl2N2O3S/c1-19-12(18)15-7-2-3-16(5-7)6-9(17)8-4-10(13)20-11(8)14/h4,7H,2-3,5-6H2,1H3,(H,15,18). The first-order chi connectivity index (χ1) is 9.49. The molecule has 8 heteroatoms. The van der Waals surface area contributed by atoms with Gasteiger partial charge in [0.2, 0.25) is 0 Å². The number of carbonyl (C=O) groups excluding carboxylic acids is 2. The average Bonchev–Trinajstić information content (AvgIpc) is 2.95. The molecular weight excluding hydrogens is 323 g/mol. The second kappa shape index (κ2) is 6.76. The second-order valence-corrected chi connectivity index (χ2v) is 6.80. The van der Waals surface area contributed by atoms with Gasteiger partial charge in [0.05, 0.1) is 23.6 Å². The number of carbonyl (C=O) groups is 2. The van der Waals surface area contributed by atoms with E-state index >= 15 is 0 Å². The minimum absolute atomic E-state index is 0.0109. The Labute approximate surface area is 130 Å². The maximum Gasteiger partial charge on any atom is 0.407 e. The summed E-state index contributed by atoms with van der Waals surface area (Å²) in [7, 11) is 1.33. The van der Waals surface area contributed by atoms with Gasteiger partial charge in [-0.1, -0.05) is 23.2 Å². The molecule has 0 bridgehead atoms. The summed E-state index contributed by atoms with van der Waals surface area (Å²) < 4.78 is 5.47. The first kappa shape index (κ1) is 15.6. The van der Waals surface area contributed by atoms with Crippen LogP contribution in [-0.2, 0) is 4.74 Å². The number of nitrogens with zero attached hydrogens (tertiary/aromatic N) is 1. The fourth-order valence-corrected chi connectivity index (χ4v) is 3.64. The van der Waals surface area contributed by atoms with Crippen molar-refractivity contribution in [2.75, 3.05) is 26.7 Å². The first-order valence-corrected chi connectivity index (χ1v) is 7.61. The van der Waals surface area contributed by atoms with Gasteiger partial charge in [-0.3, -0.25) is 9.69 Å². The fraction of sp³-hybridized carbons (Fsp3) is 0.500. The molecule has 1 fully saturated rings. The SMILES string of the molecule is COC(=O)NC1CCN(CC(=O)c2cc(Cl)sc2Cl)C1. The van der Waals surface area contributed by atoms with Gasteiger partial charge in [-0.25, -0.2) is 4.79 Å². The lowest BCUT2D eigenvalue weighted by Crippen LogP contribution is -2.37. The minimum atomic E-state index is -0.448. The smallest absolute Gasteiger partial charge is 0.407 e. The van der Waals surface area contributed by atoms with Crippen LogP contribution in [0.4, 0.5) is 4.79 Å². The summed E-state index contributed by atoms with van der Waals surface area (Å²) in [6.45, 7) is 1.64. The van der Waals surface area contributed by atoms with Crippen molar-refractivity contribution in [3.63, 3.8) is 0 Å². The number of ketones is 1. The maximum atomic E-state index is 12.1. The number of amides is 1. The Kier molecular flexibility index (Phi) is 5.26. The van der Waals surface area contributed by atoms with Crippen molar-refractivity contribution in [2.24, 2.45) is 0 Å². The molecule has 1 saturated heterocycles. The second-order valence-electron chi connectivity index (χ2n) is 4.52. The summed E-state index contributed by atoms with van der Waals surface area (Å²) in [5.41, 5.74) is 0.464. The van der Waals surface area contributed by atoms with Crippen LogP contribution in [0.2, 0.25) is 8.67 Å². The Morgan fingerprint density at radius 2 is 2.30 bits per heavy atom. The van der Waals surface area contributed by atoms with Crippen molar-refractivity contribution in [3.8, 4) is 0 Å². The van der Waals surface area contributed by atoms with E-state index in [4.69, 9.17) is 23.2 Å². The highest BCUT2D eigenvalue weighted by molar-refractivity contribution is 7.20. The number of halogens is 2. The number of ether oxygens (including phenoxy) is 1. The van der Waals surface area contributed by atoms with Gasteiger partial charge in [0.25, 0.3) is 0 Å². The summed E-state index contributed by atoms with van der Waals surface area (Å²) in [5.74, 6) is -0.0585. The molecule has 5 nitrogen and oxygen atoms in total. The van der Waals surface area contributed by atoms with Gasteiger partial charge in [-0.15, -0.1) is 11.3 Å². The van der Waals surface area contributed by atoms with Gasteiger partial charge in [0.1, 0.15) is 4.34 Å². The van der Waals surface area contributed by atoms with Crippen molar-refractivity contribution in [1.82, 2.24) is 10.2 Å². The molecule has 1 atom stereocenters. The largest absolute Gasteiger partial charge is 0.453 e. The van der Waals surface area contributed by atoms with Crippen molar-refractivity contribution in [3.05, 3.63) is 20.3 Å². The molecule has 1 aromatic rings. The molecule has 0 spiro atoms. The summed E-state index contributed by atoms with van der Waals surface area (Å²) in [5, 5.41) is 2.73. The number of rotatable bonds is 4. The summed E-state index contributed by atoms with van der Waals surface area (Å²) in [6, 6.07) is 1.61. The average molecular weight is 337 g/mol. The molecular formula is C12H14Cl2N2O3S. The molecule has 2 heterocycles. The van der Waals surface area contributed by atoms with E-state index in [0.29, 0.717) is 20.8 Å². The van der Waals surface area contributed by atoms with Gasteiger partial charge in [0.15, 0.2) is 5.78 Å². The Hall–Kier alpha value is -0.820. The highest BCUT2D eigenvalue weighted by atomic mass is 35.5. The van der Waals surface area contributed by atoms with Gasteiger partial charge < -0.3 is 10.1 Å². The predicted molar refractivity (Wildman–Crippen MR) is 79.1 cm³/mol. The lowest BCUT2D eigenvalue weighted by Gasteiger charge is -2.15. The number of Topliss-reactive ketones (excluding diaryl/α,β-unsaturated/α-hetero) is 1. The van der Waals surface area contributed by atoms with Crippen molar-refractivity contribution in [2.45, 2.75) is 12.5 Å². The normalized spacial score (nSPS) is 19.1. The molecule has 0 saturated carbocycles. The number of hydrogen-bond donors (Lipinski definition) is 1. The molecule has 0 aliphatic carbocycles. The predicted octanol–water partition coefficient (Wildman–Crippen LogP) is 2.67. The Morgan fingerprint density at radius 3 is 2.90 bits per heavy atom. The van der Waals surface area contributed by atoms with E-state index < -0.39 is 6.09 Å². The maximum absolute atomic E-state index is 12.1. The van der Waals surface area contributed by atoms with E-state index in [2.05, 4.69) is 10.1 Å². The summed E-state index contributed by atoms with van der Waals surface area (Å²) >= 11 is 13.0. The van der Waals surface area contributed by atoms with Crippen LogP contribution in [-0.4, -0.2) is 49.6 Å². The van der Waals surface area contributed by atoms with Gasteiger partial charge in [-0.2, -0.15) is 0 Å². The monoisotopic (exact) mass is 336 g/mol. The van der Waals surface area contributed by atoms with Crippen LogP contribution in [0.15, 0.2) is 6.07 Å². The van der Waals surface area contributed by atoms with E-state index in [0.717, 1.165) is 13.0 Å². The third-order valence-corrected chi connectivity index (χ3v) is 4.59. The number of likely N-dealkylation sites (tertiary alicyclic amines) is 1. The summed E-state index contributed by atoms with van der Waals surface area (Å²) in [6.07, 6.45) is 0.344. The lowest BCUT2D eigenvalue weighted by molar-refractivity contribution is 0.0945. The van der Waals surface area contributed by atoms with Crippen LogP contribution < -0.4 is 5.32 Å². The third-order valence-electron chi connectivity index (χ3n) is 3.10. The van der Waals surface area contributed by atoms with Crippen LogP contribution in [0.5, 0.6) is 0 Å². The molecule has 1 aliphatic heterocycles. The van der Waals surface area contributed by atoms with Crippen LogP contribution in [0.25, 0.3) is 0 Å². The van der Waals surface area contributed by atoms with Gasteiger partial charge >= 0.3 is 6.09 Å². The van der Waals surface area contributed by atoms with Crippen LogP contribution in [0.3, 0.4) is 0 Å². The summed E-state index contributed by atoms with van der Waals surface area (Å²) in [4.78, 5) is 25.2. The van der Waals surface area contributed by atoms with Crippen molar-refractivity contribution in [1.29, 1.82) is 0 Å². The Morgan fingerprint density at radius 1 is 1.55 bits per heavy atom. The van der Waals surface area contributed by atoms with Gasteiger partial charge in [0, 0.05) is 19.1 Å². The molecule has 110 valence electrons.